The largest absolute Gasteiger partial charge is 0.384 e. The van der Waals surface area contributed by atoms with Crippen molar-refractivity contribution in [1.29, 1.82) is 5.41 Å². The summed E-state index contributed by atoms with van der Waals surface area (Å²) in [6, 6.07) is 19.1. The first-order valence-electron chi connectivity index (χ1n) is 7.68. The van der Waals surface area contributed by atoms with Gasteiger partial charge in [-0.2, -0.15) is 0 Å². The van der Waals surface area contributed by atoms with Gasteiger partial charge >= 0.3 is 0 Å². The second-order valence-corrected chi connectivity index (χ2v) is 6.07. The molecule has 3 N–H and O–H groups in total. The number of benzene rings is 2. The van der Waals surface area contributed by atoms with Crippen LogP contribution in [0.15, 0.2) is 66.9 Å². The molecule has 0 fully saturated rings. The first-order chi connectivity index (χ1) is 12.1. The molecule has 2 aromatic carbocycles. The molecule has 0 atom stereocenters. The number of nitrogen functional groups attached to an aromatic ring is 1. The Balaban J connectivity index is 1.94. The number of pyridine rings is 1. The van der Waals surface area contributed by atoms with Crippen LogP contribution < -0.4 is 5.73 Å². The maximum atomic E-state index is 7.90. The summed E-state index contributed by atoms with van der Waals surface area (Å²) in [5.41, 5.74) is 9.62. The molecule has 0 saturated heterocycles. The van der Waals surface area contributed by atoms with E-state index in [1.807, 2.05) is 60.8 Å². The minimum Gasteiger partial charge on any atom is -0.384 e. The van der Waals surface area contributed by atoms with Crippen molar-refractivity contribution in [1.82, 2.24) is 14.6 Å². The van der Waals surface area contributed by atoms with Gasteiger partial charge in [0.05, 0.1) is 5.56 Å². The van der Waals surface area contributed by atoms with E-state index in [9.17, 15) is 0 Å². The number of aromatic nitrogens is 3. The van der Waals surface area contributed by atoms with Crippen LogP contribution in [0.5, 0.6) is 0 Å². The van der Waals surface area contributed by atoms with E-state index in [4.69, 9.17) is 22.7 Å². The molecule has 25 heavy (non-hydrogen) atoms. The number of fused-ring (bicyclic) bond motifs is 1. The van der Waals surface area contributed by atoms with E-state index < -0.39 is 0 Å². The molecule has 0 amide bonds. The van der Waals surface area contributed by atoms with Gasteiger partial charge in [0.15, 0.2) is 11.5 Å². The van der Waals surface area contributed by atoms with Crippen molar-refractivity contribution >= 4 is 23.1 Å². The van der Waals surface area contributed by atoms with Crippen LogP contribution >= 0.6 is 11.6 Å². The van der Waals surface area contributed by atoms with Crippen molar-refractivity contribution in [2.24, 2.45) is 5.73 Å². The van der Waals surface area contributed by atoms with E-state index >= 15 is 0 Å². The van der Waals surface area contributed by atoms with Crippen molar-refractivity contribution < 1.29 is 0 Å². The minimum absolute atomic E-state index is 0.0483. The Kier molecular flexibility index (Phi) is 3.71. The van der Waals surface area contributed by atoms with Crippen LogP contribution in [0.4, 0.5) is 0 Å². The summed E-state index contributed by atoms with van der Waals surface area (Å²) in [7, 11) is 0. The Hall–Kier alpha value is -3.18. The molecule has 2 heterocycles. The van der Waals surface area contributed by atoms with Crippen molar-refractivity contribution in [3.8, 4) is 22.5 Å². The number of rotatable bonds is 3. The van der Waals surface area contributed by atoms with Crippen molar-refractivity contribution in [3.63, 3.8) is 0 Å². The summed E-state index contributed by atoms with van der Waals surface area (Å²) in [4.78, 5) is 4.55. The van der Waals surface area contributed by atoms with Gasteiger partial charge in [-0.3, -0.25) is 5.41 Å². The average molecular weight is 348 g/mol. The van der Waals surface area contributed by atoms with Gasteiger partial charge in [0.2, 0.25) is 0 Å². The second-order valence-electron chi connectivity index (χ2n) is 5.64. The van der Waals surface area contributed by atoms with Gasteiger partial charge in [0.25, 0.3) is 0 Å². The molecule has 0 aliphatic heterocycles. The number of amidine groups is 1. The smallest absolute Gasteiger partial charge is 0.182 e. The molecule has 0 radical (unpaired) electrons. The molecule has 0 saturated carbocycles. The fourth-order valence-electron chi connectivity index (χ4n) is 2.72. The number of nitrogens with zero attached hydrogens (tertiary/aromatic N) is 3. The van der Waals surface area contributed by atoms with Gasteiger partial charge in [0.1, 0.15) is 5.84 Å². The highest BCUT2D eigenvalue weighted by Crippen LogP contribution is 2.25. The molecular weight excluding hydrogens is 334 g/mol. The fraction of sp³-hybridized carbons (Fsp3) is 0. The number of hydrogen-bond acceptors (Lipinski definition) is 3. The maximum Gasteiger partial charge on any atom is 0.182 e. The normalized spacial score (nSPS) is 10.9. The predicted molar refractivity (Wildman–Crippen MR) is 99.9 cm³/mol. The van der Waals surface area contributed by atoms with Gasteiger partial charge < -0.3 is 5.73 Å². The zero-order chi connectivity index (χ0) is 17.4. The number of nitrogens with one attached hydrogen (secondary N) is 1. The molecule has 4 aromatic rings. The fourth-order valence-corrected chi connectivity index (χ4v) is 2.91. The van der Waals surface area contributed by atoms with E-state index in [0.717, 1.165) is 16.7 Å². The van der Waals surface area contributed by atoms with Gasteiger partial charge in [0, 0.05) is 22.3 Å². The van der Waals surface area contributed by atoms with Crippen LogP contribution in [0.1, 0.15) is 5.56 Å². The Morgan fingerprint density at radius 2 is 1.72 bits per heavy atom. The molecule has 4 rings (SSSR count). The summed E-state index contributed by atoms with van der Waals surface area (Å²) < 4.78 is 1.66. The third-order valence-corrected chi connectivity index (χ3v) is 4.15. The topological polar surface area (TPSA) is 80.1 Å². The van der Waals surface area contributed by atoms with Crippen molar-refractivity contribution in [2.45, 2.75) is 0 Å². The van der Waals surface area contributed by atoms with Gasteiger partial charge in [-0.05, 0) is 23.8 Å². The lowest BCUT2D eigenvalue weighted by molar-refractivity contribution is 0.965. The molecule has 0 aliphatic carbocycles. The van der Waals surface area contributed by atoms with Gasteiger partial charge in [-0.15, -0.1) is 5.10 Å². The Labute approximate surface area is 149 Å². The second kappa shape index (κ2) is 6.03. The van der Waals surface area contributed by atoms with Gasteiger partial charge in [-0.25, -0.2) is 9.50 Å². The quantitative estimate of drug-likeness (QED) is 0.434. The molecule has 0 bridgehead atoms. The molecule has 6 heteroatoms. The van der Waals surface area contributed by atoms with Crippen LogP contribution in [-0.2, 0) is 0 Å². The molecule has 0 aliphatic rings. The highest BCUT2D eigenvalue weighted by Gasteiger charge is 2.14. The Bertz CT molecular complexity index is 1090. The summed E-state index contributed by atoms with van der Waals surface area (Å²) in [5, 5.41) is 13.1. The Morgan fingerprint density at radius 3 is 2.44 bits per heavy atom. The zero-order valence-corrected chi connectivity index (χ0v) is 13.9. The number of nitrogens with two attached hydrogens (primary N) is 1. The lowest BCUT2D eigenvalue weighted by atomic mass is 10.1. The first kappa shape index (κ1) is 15.4. The zero-order valence-electron chi connectivity index (χ0n) is 13.1. The van der Waals surface area contributed by atoms with E-state index in [-0.39, 0.29) is 5.84 Å². The van der Waals surface area contributed by atoms with Crippen LogP contribution in [0.2, 0.25) is 5.02 Å². The molecular formula is C19H14ClN5. The monoisotopic (exact) mass is 347 g/mol. The van der Waals surface area contributed by atoms with Crippen LogP contribution in [0.3, 0.4) is 0 Å². The van der Waals surface area contributed by atoms with E-state index in [0.29, 0.717) is 22.1 Å². The lowest BCUT2D eigenvalue weighted by Gasteiger charge is -2.06. The summed E-state index contributed by atoms with van der Waals surface area (Å²) in [6.45, 7) is 0. The SMILES string of the molecule is N=C(N)c1cc(-c2ccccc2)cn2nc(-c3cccc(Cl)c3)nc12. The summed E-state index contributed by atoms with van der Waals surface area (Å²) >= 11 is 6.06. The Morgan fingerprint density at radius 1 is 0.960 bits per heavy atom. The summed E-state index contributed by atoms with van der Waals surface area (Å²) in [6.07, 6.45) is 1.89. The molecule has 0 spiro atoms. The number of halogens is 1. The van der Waals surface area contributed by atoms with Crippen molar-refractivity contribution in [3.05, 3.63) is 77.4 Å². The standard InChI is InChI=1S/C19H14ClN5/c20-15-8-4-7-13(9-15)18-23-19-16(17(21)22)10-14(11-25(19)24-18)12-5-2-1-3-6-12/h1-11H,(H3,21,22). The molecule has 5 nitrogen and oxygen atoms in total. The van der Waals surface area contributed by atoms with Gasteiger partial charge in [-0.1, -0.05) is 54.1 Å². The molecule has 122 valence electrons. The van der Waals surface area contributed by atoms with Crippen LogP contribution in [-0.4, -0.2) is 20.4 Å². The van der Waals surface area contributed by atoms with Crippen LogP contribution in [0.25, 0.3) is 28.2 Å². The molecule has 2 aromatic heterocycles. The molecule has 0 unspecified atom stereocenters. The number of hydrogen-bond donors (Lipinski definition) is 2. The summed E-state index contributed by atoms with van der Waals surface area (Å²) in [5.74, 6) is 0.489. The highest BCUT2D eigenvalue weighted by atomic mass is 35.5. The maximum absolute atomic E-state index is 7.90. The highest BCUT2D eigenvalue weighted by molar-refractivity contribution is 6.30. The third kappa shape index (κ3) is 2.86. The van der Waals surface area contributed by atoms with Crippen LogP contribution in [0, 0.1) is 5.41 Å². The lowest BCUT2D eigenvalue weighted by Crippen LogP contribution is -2.13. The first-order valence-corrected chi connectivity index (χ1v) is 8.06. The van der Waals surface area contributed by atoms with E-state index in [1.54, 1.807) is 10.6 Å². The van der Waals surface area contributed by atoms with E-state index in [2.05, 4.69) is 10.1 Å². The minimum atomic E-state index is -0.0483. The average Bonchev–Trinajstić information content (AvgIpc) is 3.05. The third-order valence-electron chi connectivity index (χ3n) is 3.91. The predicted octanol–water partition coefficient (Wildman–Crippen LogP) is 4.00. The van der Waals surface area contributed by atoms with E-state index in [1.165, 1.54) is 0 Å². The van der Waals surface area contributed by atoms with Crippen molar-refractivity contribution in [2.75, 3.05) is 0 Å².